The van der Waals surface area contributed by atoms with Crippen LogP contribution in [0.1, 0.15) is 0 Å². The molecule has 1 nitrogen and oxygen atoms in total. The number of hydrogen-bond donors (Lipinski definition) is 0. The molecule has 0 spiro atoms. The first-order valence-corrected chi connectivity index (χ1v) is 2.71. The summed E-state index contributed by atoms with van der Waals surface area (Å²) in [6.45, 7) is 0. The molecule has 1 aromatic rings. The van der Waals surface area contributed by atoms with Gasteiger partial charge in [0.1, 0.15) is 0 Å². The van der Waals surface area contributed by atoms with Crippen LogP contribution in [0.25, 0.3) is 0 Å². The Morgan fingerprint density at radius 3 is 2.57 bits per heavy atom. The third-order valence-electron chi connectivity index (χ3n) is 0.414. The molecule has 0 fully saturated rings. The van der Waals surface area contributed by atoms with E-state index >= 15 is 0 Å². The second-order valence-corrected chi connectivity index (χ2v) is 1.92. The van der Waals surface area contributed by atoms with Crippen LogP contribution in [0.2, 0.25) is 0 Å². The Balaban J connectivity index is 0.000000360. The van der Waals surface area contributed by atoms with Gasteiger partial charge in [-0.3, -0.25) is 0 Å². The van der Waals surface area contributed by atoms with Gasteiger partial charge < -0.3 is 12.6 Å². The minimum absolute atomic E-state index is 0. The van der Waals surface area contributed by atoms with Crippen molar-refractivity contribution in [2.45, 2.75) is 5.03 Å². The second kappa shape index (κ2) is 3.80. The predicted octanol–water partition coefficient (Wildman–Crippen LogP) is -1.95. The molecule has 1 rings (SSSR count). The third-order valence-corrected chi connectivity index (χ3v) is 1.32. The minimum atomic E-state index is 0. The average Bonchev–Trinajstić information content (AvgIpc) is 1.86. The van der Waals surface area contributed by atoms with E-state index in [0.29, 0.717) is 5.03 Å². The molecule has 1 aromatic heterocycles. The normalized spacial score (nSPS) is 7.43. The van der Waals surface area contributed by atoms with Crippen LogP contribution in [-0.4, -0.2) is 4.37 Å². The summed E-state index contributed by atoms with van der Waals surface area (Å²) in [7, 11) is 0. The van der Waals surface area contributed by atoms with E-state index in [-0.39, 0.29) is 29.6 Å². The van der Waals surface area contributed by atoms with Crippen molar-refractivity contribution in [3.05, 3.63) is 11.4 Å². The molecule has 0 amide bonds. The van der Waals surface area contributed by atoms with E-state index in [0.717, 1.165) is 0 Å². The smallest absolute Gasteiger partial charge is 0.759 e. The van der Waals surface area contributed by atoms with Gasteiger partial charge in [0, 0.05) is 5.38 Å². The monoisotopic (exact) mass is 139 g/mol. The zero-order valence-corrected chi connectivity index (χ0v) is 7.55. The molecule has 0 bridgehead atoms. The van der Waals surface area contributed by atoms with Crippen LogP contribution in [0.15, 0.2) is 16.5 Å². The maximum absolute atomic E-state index is 4.64. The summed E-state index contributed by atoms with van der Waals surface area (Å²) in [6, 6.07) is 1.81. The fourth-order valence-corrected chi connectivity index (χ4v) is 0.900. The maximum atomic E-state index is 4.64. The zero-order valence-electron chi connectivity index (χ0n) is 3.92. The van der Waals surface area contributed by atoms with Gasteiger partial charge >= 0.3 is 29.6 Å². The van der Waals surface area contributed by atoms with Gasteiger partial charge in [0.15, 0.2) is 0 Å². The molecular weight excluding hydrogens is 137 g/mol. The summed E-state index contributed by atoms with van der Waals surface area (Å²) in [5.41, 5.74) is 0. The SMILES string of the molecule is [Na+].[S-]c1ccsn1. The van der Waals surface area contributed by atoms with Gasteiger partial charge in [-0.15, -0.1) is 0 Å². The van der Waals surface area contributed by atoms with Crippen molar-refractivity contribution in [1.29, 1.82) is 0 Å². The fraction of sp³-hybridized carbons (Fsp3) is 0. The molecule has 0 radical (unpaired) electrons. The summed E-state index contributed by atoms with van der Waals surface area (Å²) in [4.78, 5) is 0. The van der Waals surface area contributed by atoms with Gasteiger partial charge in [-0.25, -0.2) is 4.37 Å². The quantitative estimate of drug-likeness (QED) is 0.306. The van der Waals surface area contributed by atoms with Crippen LogP contribution in [0.4, 0.5) is 0 Å². The second-order valence-electron chi connectivity index (χ2n) is 0.838. The Morgan fingerprint density at radius 1 is 1.71 bits per heavy atom. The fourth-order valence-electron chi connectivity index (χ4n) is 0.201. The molecule has 0 aliphatic carbocycles. The first-order chi connectivity index (χ1) is 2.89. The van der Waals surface area contributed by atoms with Gasteiger partial charge in [0.05, 0.1) is 0 Å². The van der Waals surface area contributed by atoms with Gasteiger partial charge in [-0.05, 0) is 11.5 Å². The molecule has 7 heavy (non-hydrogen) atoms. The third kappa shape index (κ3) is 2.61. The van der Waals surface area contributed by atoms with Crippen molar-refractivity contribution in [2.24, 2.45) is 0 Å². The molecule has 0 aromatic carbocycles. The molecule has 0 unspecified atom stereocenters. The number of rotatable bonds is 0. The van der Waals surface area contributed by atoms with Gasteiger partial charge in [-0.1, -0.05) is 11.1 Å². The van der Waals surface area contributed by atoms with Crippen LogP contribution in [0.3, 0.4) is 0 Å². The molecule has 0 aliphatic heterocycles. The van der Waals surface area contributed by atoms with Crippen molar-refractivity contribution < 1.29 is 29.6 Å². The van der Waals surface area contributed by atoms with E-state index < -0.39 is 0 Å². The molecule has 0 saturated heterocycles. The van der Waals surface area contributed by atoms with Gasteiger partial charge in [0.2, 0.25) is 0 Å². The molecule has 0 N–H and O–H groups in total. The van der Waals surface area contributed by atoms with Crippen LogP contribution in [-0.2, 0) is 12.6 Å². The Labute approximate surface area is 74.0 Å². The standard InChI is InChI=1S/C3H3NS2.Na/c5-3-1-2-6-4-3;/h1-2H,(H,4,5);/q;+1/p-1. The van der Waals surface area contributed by atoms with Gasteiger partial charge in [0.25, 0.3) is 0 Å². The van der Waals surface area contributed by atoms with E-state index in [2.05, 4.69) is 17.0 Å². The van der Waals surface area contributed by atoms with Crippen LogP contribution >= 0.6 is 11.5 Å². The Bertz CT molecular complexity index is 116. The molecule has 0 saturated carbocycles. The van der Waals surface area contributed by atoms with Crippen LogP contribution in [0, 0.1) is 0 Å². The summed E-state index contributed by atoms with van der Waals surface area (Å²) < 4.78 is 3.77. The maximum Gasteiger partial charge on any atom is 1.00 e. The summed E-state index contributed by atoms with van der Waals surface area (Å²) in [5.74, 6) is 0. The van der Waals surface area contributed by atoms with E-state index in [9.17, 15) is 0 Å². The minimum Gasteiger partial charge on any atom is -0.759 e. The Kier molecular flexibility index (Phi) is 4.27. The number of aromatic nitrogens is 1. The molecular formula is C3H2NNaS2. The van der Waals surface area contributed by atoms with Crippen LogP contribution < -0.4 is 29.6 Å². The van der Waals surface area contributed by atoms with E-state index in [4.69, 9.17) is 0 Å². The van der Waals surface area contributed by atoms with Crippen molar-refractivity contribution in [3.8, 4) is 0 Å². The van der Waals surface area contributed by atoms with E-state index in [1.807, 2.05) is 5.38 Å². The average molecular weight is 139 g/mol. The van der Waals surface area contributed by atoms with E-state index in [1.54, 1.807) is 6.07 Å². The number of nitrogens with zero attached hydrogens (tertiary/aromatic N) is 1. The first-order valence-electron chi connectivity index (χ1n) is 1.47. The topological polar surface area (TPSA) is 12.9 Å². The van der Waals surface area contributed by atoms with Crippen molar-refractivity contribution in [2.75, 3.05) is 0 Å². The largest absolute Gasteiger partial charge is 1.00 e. The van der Waals surface area contributed by atoms with Crippen LogP contribution in [0.5, 0.6) is 0 Å². The van der Waals surface area contributed by atoms with Crippen molar-refractivity contribution in [1.82, 2.24) is 4.37 Å². The van der Waals surface area contributed by atoms with Crippen molar-refractivity contribution >= 4 is 24.2 Å². The molecule has 0 atom stereocenters. The summed E-state index contributed by atoms with van der Waals surface area (Å²) in [5, 5.41) is 2.56. The van der Waals surface area contributed by atoms with E-state index in [1.165, 1.54) is 11.5 Å². The first kappa shape index (κ1) is 7.85. The summed E-state index contributed by atoms with van der Waals surface area (Å²) >= 11 is 6.03. The Morgan fingerprint density at radius 2 is 2.43 bits per heavy atom. The Hall–Kier alpha value is 0.850. The number of hydrogen-bond acceptors (Lipinski definition) is 3. The summed E-state index contributed by atoms with van der Waals surface area (Å²) in [6.07, 6.45) is 0. The zero-order chi connectivity index (χ0) is 4.41. The molecule has 1 heterocycles. The molecule has 4 heteroatoms. The molecule has 32 valence electrons. The molecule has 0 aliphatic rings. The predicted molar refractivity (Wildman–Crippen MR) is 27.7 cm³/mol. The van der Waals surface area contributed by atoms with Crippen molar-refractivity contribution in [3.63, 3.8) is 0 Å². The van der Waals surface area contributed by atoms with Gasteiger partial charge in [-0.2, -0.15) is 0 Å².